The second-order valence-corrected chi connectivity index (χ2v) is 5.31. The summed E-state index contributed by atoms with van der Waals surface area (Å²) in [6.07, 6.45) is 3.05. The molecule has 0 N–H and O–H groups in total. The number of nitrogens with zero attached hydrogens (tertiary/aromatic N) is 1. The van der Waals surface area contributed by atoms with Gasteiger partial charge in [-0.25, -0.2) is 4.99 Å². The number of allylic oxidation sites excluding steroid dienone is 4. The zero-order valence-electron chi connectivity index (χ0n) is 12.5. The Balaban J connectivity index is 1.98. The Hall–Kier alpha value is -2.81. The summed E-state index contributed by atoms with van der Waals surface area (Å²) >= 11 is 0. The van der Waals surface area contributed by atoms with Crippen molar-refractivity contribution in [3.63, 3.8) is 0 Å². The van der Waals surface area contributed by atoms with Gasteiger partial charge in [0.25, 0.3) is 5.91 Å². The van der Waals surface area contributed by atoms with E-state index in [0.29, 0.717) is 16.8 Å². The van der Waals surface area contributed by atoms with E-state index in [2.05, 4.69) is 4.99 Å². The van der Waals surface area contributed by atoms with Gasteiger partial charge in [-0.05, 0) is 54.5 Å². The van der Waals surface area contributed by atoms with E-state index in [1.54, 1.807) is 19.1 Å². The first-order chi connectivity index (χ1) is 10.6. The first kappa shape index (κ1) is 14.1. The van der Waals surface area contributed by atoms with Crippen LogP contribution in [0.3, 0.4) is 0 Å². The van der Waals surface area contributed by atoms with Gasteiger partial charge in [0.15, 0.2) is 5.78 Å². The van der Waals surface area contributed by atoms with E-state index in [0.717, 1.165) is 16.3 Å². The lowest BCUT2D eigenvalue weighted by Crippen LogP contribution is -2.12. The summed E-state index contributed by atoms with van der Waals surface area (Å²) in [5, 5.41) is 2.09. The quantitative estimate of drug-likeness (QED) is 0.747. The number of benzene rings is 2. The van der Waals surface area contributed by atoms with E-state index in [9.17, 15) is 9.59 Å². The molecule has 3 rings (SSSR count). The van der Waals surface area contributed by atoms with Gasteiger partial charge in [0.2, 0.25) is 0 Å². The van der Waals surface area contributed by atoms with Crippen molar-refractivity contribution in [1.29, 1.82) is 0 Å². The molecule has 0 aliphatic heterocycles. The number of amides is 1. The van der Waals surface area contributed by atoms with Gasteiger partial charge in [0, 0.05) is 11.1 Å². The fourth-order valence-corrected chi connectivity index (χ4v) is 2.40. The van der Waals surface area contributed by atoms with Crippen LogP contribution in [0.4, 0.5) is 0 Å². The molecule has 0 aromatic heterocycles. The maximum Gasteiger partial charge on any atom is 0.277 e. The van der Waals surface area contributed by atoms with E-state index in [1.807, 2.05) is 43.3 Å². The highest BCUT2D eigenvalue weighted by atomic mass is 16.1. The molecule has 3 heteroatoms. The zero-order valence-corrected chi connectivity index (χ0v) is 12.5. The Labute approximate surface area is 128 Å². The number of ketones is 1. The molecule has 0 spiro atoms. The third-order valence-electron chi connectivity index (χ3n) is 3.93. The molecule has 22 heavy (non-hydrogen) atoms. The molecule has 1 aliphatic carbocycles. The number of fused-ring (bicyclic) bond motifs is 1. The van der Waals surface area contributed by atoms with E-state index in [1.165, 1.54) is 6.08 Å². The minimum Gasteiger partial charge on any atom is -0.290 e. The van der Waals surface area contributed by atoms with Crippen molar-refractivity contribution in [2.75, 3.05) is 0 Å². The molecular weight excluding hydrogens is 274 g/mol. The van der Waals surface area contributed by atoms with Crippen LogP contribution in [0.5, 0.6) is 0 Å². The first-order valence-corrected chi connectivity index (χ1v) is 7.08. The van der Waals surface area contributed by atoms with E-state index in [4.69, 9.17) is 0 Å². The highest BCUT2D eigenvalue weighted by Crippen LogP contribution is 2.18. The largest absolute Gasteiger partial charge is 0.290 e. The SMILES string of the molecule is CC1=C(C)C(=NC(=O)c2ccc3ccccc3c2)C=CC1=O. The van der Waals surface area contributed by atoms with Crippen LogP contribution in [0, 0.1) is 0 Å². The van der Waals surface area contributed by atoms with Crippen molar-refractivity contribution in [1.82, 2.24) is 0 Å². The Morgan fingerprint density at radius 1 is 0.909 bits per heavy atom. The number of hydrogen-bond acceptors (Lipinski definition) is 2. The van der Waals surface area contributed by atoms with Crippen LogP contribution in [0.15, 0.2) is 70.8 Å². The minimum absolute atomic E-state index is 0.0328. The second-order valence-electron chi connectivity index (χ2n) is 5.31. The Bertz CT molecular complexity index is 885. The molecule has 0 bridgehead atoms. The van der Waals surface area contributed by atoms with Gasteiger partial charge in [-0.1, -0.05) is 30.3 Å². The van der Waals surface area contributed by atoms with Gasteiger partial charge in [0.1, 0.15) is 0 Å². The van der Waals surface area contributed by atoms with Gasteiger partial charge in [-0.3, -0.25) is 9.59 Å². The molecule has 1 aliphatic rings. The van der Waals surface area contributed by atoms with Crippen LogP contribution in [-0.4, -0.2) is 17.4 Å². The summed E-state index contributed by atoms with van der Waals surface area (Å²) in [6.45, 7) is 3.56. The average molecular weight is 289 g/mol. The van der Waals surface area contributed by atoms with Gasteiger partial charge < -0.3 is 0 Å². The smallest absolute Gasteiger partial charge is 0.277 e. The summed E-state index contributed by atoms with van der Waals surface area (Å²) in [5.41, 5.74) is 2.48. The highest BCUT2D eigenvalue weighted by molar-refractivity contribution is 6.24. The summed E-state index contributed by atoms with van der Waals surface area (Å²) in [6, 6.07) is 13.4. The lowest BCUT2D eigenvalue weighted by molar-refractivity contribution is -0.111. The van der Waals surface area contributed by atoms with Gasteiger partial charge in [-0.2, -0.15) is 0 Å². The number of carbonyl (C=O) groups excluding carboxylic acids is 2. The predicted octanol–water partition coefficient (Wildman–Crippen LogP) is 3.90. The number of carbonyl (C=O) groups is 2. The maximum atomic E-state index is 12.4. The summed E-state index contributed by atoms with van der Waals surface area (Å²) in [4.78, 5) is 28.1. The number of aliphatic imine (C=N–C) groups is 1. The molecule has 0 unspecified atom stereocenters. The summed E-state index contributed by atoms with van der Waals surface area (Å²) < 4.78 is 0. The lowest BCUT2D eigenvalue weighted by atomic mass is 9.97. The maximum absolute atomic E-state index is 12.4. The molecule has 0 saturated heterocycles. The standard InChI is InChI=1S/C19H15NO2/c1-12-13(2)18(21)10-9-17(12)20-19(22)16-8-7-14-5-3-4-6-15(14)11-16/h3-11H,1-2H3. The van der Waals surface area contributed by atoms with Crippen LogP contribution in [0.25, 0.3) is 10.8 Å². The fraction of sp³-hybridized carbons (Fsp3) is 0.105. The van der Waals surface area contributed by atoms with Crippen molar-refractivity contribution in [3.05, 3.63) is 71.3 Å². The molecule has 0 saturated carbocycles. The molecule has 2 aromatic rings. The lowest BCUT2D eigenvalue weighted by Gasteiger charge is -2.10. The molecule has 108 valence electrons. The second kappa shape index (κ2) is 5.53. The average Bonchev–Trinajstić information content (AvgIpc) is 2.55. The minimum atomic E-state index is -0.299. The summed E-state index contributed by atoms with van der Waals surface area (Å²) in [7, 11) is 0. The molecule has 3 nitrogen and oxygen atoms in total. The molecule has 0 radical (unpaired) electrons. The molecule has 2 aromatic carbocycles. The predicted molar refractivity (Wildman–Crippen MR) is 88.2 cm³/mol. The third-order valence-corrected chi connectivity index (χ3v) is 3.93. The van der Waals surface area contributed by atoms with E-state index in [-0.39, 0.29) is 11.7 Å². The van der Waals surface area contributed by atoms with Crippen LogP contribution >= 0.6 is 0 Å². The Kier molecular flexibility index (Phi) is 3.55. The molecule has 0 heterocycles. The topological polar surface area (TPSA) is 46.5 Å². The summed E-state index contributed by atoms with van der Waals surface area (Å²) in [5.74, 6) is -0.332. The number of rotatable bonds is 1. The van der Waals surface area contributed by atoms with Crippen molar-refractivity contribution >= 4 is 28.2 Å². The van der Waals surface area contributed by atoms with Crippen LogP contribution in [-0.2, 0) is 4.79 Å². The van der Waals surface area contributed by atoms with Crippen molar-refractivity contribution in [3.8, 4) is 0 Å². The molecule has 1 amide bonds. The number of hydrogen-bond donors (Lipinski definition) is 0. The zero-order chi connectivity index (χ0) is 15.7. The van der Waals surface area contributed by atoms with Crippen LogP contribution in [0.2, 0.25) is 0 Å². The first-order valence-electron chi connectivity index (χ1n) is 7.08. The fourth-order valence-electron chi connectivity index (χ4n) is 2.40. The molecule has 0 atom stereocenters. The van der Waals surface area contributed by atoms with Crippen molar-refractivity contribution < 1.29 is 9.59 Å². The van der Waals surface area contributed by atoms with Gasteiger partial charge >= 0.3 is 0 Å². The van der Waals surface area contributed by atoms with Gasteiger partial charge in [0.05, 0.1) is 5.71 Å². The van der Waals surface area contributed by atoms with E-state index < -0.39 is 0 Å². The molecule has 0 fully saturated rings. The highest BCUT2D eigenvalue weighted by Gasteiger charge is 2.15. The monoisotopic (exact) mass is 289 g/mol. The van der Waals surface area contributed by atoms with Crippen LogP contribution in [0.1, 0.15) is 24.2 Å². The van der Waals surface area contributed by atoms with E-state index >= 15 is 0 Å². The third kappa shape index (κ3) is 2.53. The van der Waals surface area contributed by atoms with Gasteiger partial charge in [-0.15, -0.1) is 0 Å². The molecular formula is C19H15NO2. The van der Waals surface area contributed by atoms with Crippen molar-refractivity contribution in [2.24, 2.45) is 4.99 Å². The Morgan fingerprint density at radius 2 is 1.64 bits per heavy atom. The van der Waals surface area contributed by atoms with Crippen molar-refractivity contribution in [2.45, 2.75) is 13.8 Å². The Morgan fingerprint density at radius 3 is 2.41 bits per heavy atom. The normalized spacial score (nSPS) is 16.6. The van der Waals surface area contributed by atoms with Crippen LogP contribution < -0.4 is 0 Å².